The summed E-state index contributed by atoms with van der Waals surface area (Å²) >= 11 is 5.86. The van der Waals surface area contributed by atoms with E-state index in [9.17, 15) is 4.79 Å². The predicted molar refractivity (Wildman–Crippen MR) is 88.3 cm³/mol. The van der Waals surface area contributed by atoms with Crippen LogP contribution >= 0.6 is 11.6 Å². The second-order valence-electron chi connectivity index (χ2n) is 6.19. The first-order valence-electron chi connectivity index (χ1n) is 8.03. The highest BCUT2D eigenvalue weighted by atomic mass is 35.5. The summed E-state index contributed by atoms with van der Waals surface area (Å²) in [6, 6.07) is 3.81. The van der Waals surface area contributed by atoms with E-state index in [1.54, 1.807) is 6.20 Å². The summed E-state index contributed by atoms with van der Waals surface area (Å²) < 4.78 is 5.63. The number of aromatic nitrogens is 1. The number of amides is 1. The number of ether oxygens (including phenoxy) is 1. The van der Waals surface area contributed by atoms with Gasteiger partial charge in [0.05, 0.1) is 17.3 Å². The van der Waals surface area contributed by atoms with E-state index in [1.165, 1.54) is 0 Å². The van der Waals surface area contributed by atoms with Crippen LogP contribution in [0.15, 0.2) is 18.3 Å². The monoisotopic (exact) mass is 338 g/mol. The molecule has 0 aliphatic carbocycles. The lowest BCUT2D eigenvalue weighted by molar-refractivity contribution is -0.150. The van der Waals surface area contributed by atoms with Crippen LogP contribution in [0, 0.1) is 0 Å². The van der Waals surface area contributed by atoms with Crippen molar-refractivity contribution in [2.75, 3.05) is 52.9 Å². The lowest BCUT2D eigenvalue weighted by Gasteiger charge is -2.38. The van der Waals surface area contributed by atoms with Crippen LogP contribution in [-0.2, 0) is 16.1 Å². The van der Waals surface area contributed by atoms with Crippen LogP contribution in [0.25, 0.3) is 0 Å². The normalized spacial score (nSPS) is 23.9. The number of piperazine rings is 1. The molecule has 126 valence electrons. The molecule has 1 unspecified atom stereocenters. The van der Waals surface area contributed by atoms with Gasteiger partial charge < -0.3 is 14.5 Å². The van der Waals surface area contributed by atoms with Gasteiger partial charge in [-0.15, -0.1) is 0 Å². The molecular weight excluding hydrogens is 316 g/mol. The fourth-order valence-electron chi connectivity index (χ4n) is 2.99. The lowest BCUT2D eigenvalue weighted by atomic mass is 10.2. The molecule has 2 fully saturated rings. The number of likely N-dealkylation sites (N-methyl/N-ethyl adjacent to an activating group) is 1. The third kappa shape index (κ3) is 4.41. The number of pyridine rings is 1. The zero-order chi connectivity index (χ0) is 16.2. The molecule has 2 saturated heterocycles. The minimum Gasteiger partial charge on any atom is -0.366 e. The van der Waals surface area contributed by atoms with E-state index >= 15 is 0 Å². The first-order valence-corrected chi connectivity index (χ1v) is 8.41. The molecule has 0 bridgehead atoms. The molecule has 3 rings (SSSR count). The summed E-state index contributed by atoms with van der Waals surface area (Å²) in [4.78, 5) is 23.2. The number of carbonyl (C=O) groups is 1. The van der Waals surface area contributed by atoms with E-state index in [4.69, 9.17) is 16.3 Å². The molecule has 23 heavy (non-hydrogen) atoms. The molecule has 1 amide bonds. The van der Waals surface area contributed by atoms with Gasteiger partial charge in [-0.3, -0.25) is 14.7 Å². The van der Waals surface area contributed by atoms with Crippen LogP contribution in [0.4, 0.5) is 0 Å². The highest BCUT2D eigenvalue weighted by Crippen LogP contribution is 2.13. The number of morpholine rings is 1. The Balaban J connectivity index is 1.48. The molecule has 2 aliphatic heterocycles. The van der Waals surface area contributed by atoms with Crippen molar-refractivity contribution in [2.24, 2.45) is 0 Å². The molecule has 7 heteroatoms. The average molecular weight is 339 g/mol. The Bertz CT molecular complexity index is 531. The third-order valence-electron chi connectivity index (χ3n) is 4.40. The maximum absolute atomic E-state index is 12.5. The second kappa shape index (κ2) is 7.57. The number of hydrogen-bond acceptors (Lipinski definition) is 5. The minimum atomic E-state index is -0.307. The average Bonchev–Trinajstić information content (AvgIpc) is 2.57. The molecule has 6 nitrogen and oxygen atoms in total. The summed E-state index contributed by atoms with van der Waals surface area (Å²) in [7, 11) is 2.03. The fraction of sp³-hybridized carbons (Fsp3) is 0.625. The lowest BCUT2D eigenvalue weighted by Crippen LogP contribution is -2.55. The fourth-order valence-corrected chi connectivity index (χ4v) is 3.10. The third-order valence-corrected chi connectivity index (χ3v) is 4.63. The van der Waals surface area contributed by atoms with Crippen molar-refractivity contribution >= 4 is 17.5 Å². The van der Waals surface area contributed by atoms with Gasteiger partial charge in [0.1, 0.15) is 6.10 Å². The van der Waals surface area contributed by atoms with Crippen molar-refractivity contribution in [3.05, 3.63) is 29.0 Å². The zero-order valence-corrected chi connectivity index (χ0v) is 14.2. The summed E-state index contributed by atoms with van der Waals surface area (Å²) in [5.41, 5.74) is 1.01. The number of rotatable bonds is 3. The van der Waals surface area contributed by atoms with Gasteiger partial charge in [0.15, 0.2) is 0 Å². The molecule has 1 aromatic rings. The molecule has 0 N–H and O–H groups in total. The second-order valence-corrected chi connectivity index (χ2v) is 6.63. The SMILES string of the molecule is CN1CCOC(C(=O)N2CCN(Cc3ccc(Cl)cn3)CC2)C1. The Morgan fingerprint density at radius 1 is 1.30 bits per heavy atom. The van der Waals surface area contributed by atoms with Crippen LogP contribution in [-0.4, -0.2) is 84.6 Å². The first kappa shape index (κ1) is 16.6. The molecule has 0 saturated carbocycles. The van der Waals surface area contributed by atoms with E-state index < -0.39 is 0 Å². The Hall–Kier alpha value is -1.21. The number of hydrogen-bond donors (Lipinski definition) is 0. The van der Waals surface area contributed by atoms with Crippen molar-refractivity contribution in [3.63, 3.8) is 0 Å². The van der Waals surface area contributed by atoms with Gasteiger partial charge in [-0.2, -0.15) is 0 Å². The van der Waals surface area contributed by atoms with Gasteiger partial charge in [0.2, 0.25) is 0 Å². The van der Waals surface area contributed by atoms with E-state index in [0.717, 1.165) is 45.0 Å². The molecular formula is C16H23ClN4O2. The molecule has 1 atom stereocenters. The molecule has 0 radical (unpaired) electrons. The van der Waals surface area contributed by atoms with Crippen molar-refractivity contribution in [2.45, 2.75) is 12.6 Å². The van der Waals surface area contributed by atoms with Crippen LogP contribution in [0.2, 0.25) is 5.02 Å². The Morgan fingerprint density at radius 3 is 2.74 bits per heavy atom. The van der Waals surface area contributed by atoms with Crippen molar-refractivity contribution in [1.82, 2.24) is 19.7 Å². The topological polar surface area (TPSA) is 48.9 Å². The van der Waals surface area contributed by atoms with E-state index in [2.05, 4.69) is 14.8 Å². The standard InChI is InChI=1S/C16H23ClN4O2/c1-19-8-9-23-15(12-19)16(22)21-6-4-20(5-7-21)11-14-3-2-13(17)10-18-14/h2-3,10,15H,4-9,11-12H2,1H3. The summed E-state index contributed by atoms with van der Waals surface area (Å²) in [6.07, 6.45) is 1.37. The van der Waals surface area contributed by atoms with Crippen molar-refractivity contribution in [1.29, 1.82) is 0 Å². The van der Waals surface area contributed by atoms with E-state index in [-0.39, 0.29) is 12.0 Å². The highest BCUT2D eigenvalue weighted by molar-refractivity contribution is 6.30. The molecule has 0 aromatic carbocycles. The molecule has 3 heterocycles. The van der Waals surface area contributed by atoms with E-state index in [0.29, 0.717) is 18.2 Å². The molecule has 1 aromatic heterocycles. The maximum atomic E-state index is 12.5. The zero-order valence-electron chi connectivity index (χ0n) is 13.4. The largest absolute Gasteiger partial charge is 0.366 e. The number of nitrogens with zero attached hydrogens (tertiary/aromatic N) is 4. The van der Waals surface area contributed by atoms with Gasteiger partial charge in [-0.1, -0.05) is 11.6 Å². The Labute approximate surface area is 142 Å². The van der Waals surface area contributed by atoms with E-state index in [1.807, 2.05) is 24.1 Å². The van der Waals surface area contributed by atoms with Crippen molar-refractivity contribution in [3.8, 4) is 0 Å². The van der Waals surface area contributed by atoms with Gasteiger partial charge in [-0.25, -0.2) is 0 Å². The summed E-state index contributed by atoms with van der Waals surface area (Å²) in [6.45, 7) is 6.22. The predicted octanol–water partition coefficient (Wildman–Crippen LogP) is 0.710. The molecule has 0 spiro atoms. The summed E-state index contributed by atoms with van der Waals surface area (Å²) in [5.74, 6) is 0.126. The summed E-state index contributed by atoms with van der Waals surface area (Å²) in [5, 5.41) is 0.654. The maximum Gasteiger partial charge on any atom is 0.253 e. The van der Waals surface area contributed by atoms with Crippen LogP contribution < -0.4 is 0 Å². The van der Waals surface area contributed by atoms with Gasteiger partial charge in [0.25, 0.3) is 5.91 Å². The van der Waals surface area contributed by atoms with Crippen LogP contribution in [0.1, 0.15) is 5.69 Å². The minimum absolute atomic E-state index is 0.126. The smallest absolute Gasteiger partial charge is 0.253 e. The van der Waals surface area contributed by atoms with Gasteiger partial charge >= 0.3 is 0 Å². The number of carbonyl (C=O) groups excluding carboxylic acids is 1. The Morgan fingerprint density at radius 2 is 2.09 bits per heavy atom. The quantitative estimate of drug-likeness (QED) is 0.812. The van der Waals surface area contributed by atoms with Crippen molar-refractivity contribution < 1.29 is 9.53 Å². The molecule has 2 aliphatic rings. The van der Waals surface area contributed by atoms with Crippen LogP contribution in [0.3, 0.4) is 0 Å². The Kier molecular flexibility index (Phi) is 5.48. The number of halogens is 1. The highest BCUT2D eigenvalue weighted by Gasteiger charge is 2.30. The first-order chi connectivity index (χ1) is 11.1. The van der Waals surface area contributed by atoms with Gasteiger partial charge in [0, 0.05) is 52.0 Å². The van der Waals surface area contributed by atoms with Crippen LogP contribution in [0.5, 0.6) is 0 Å². The van der Waals surface area contributed by atoms with Gasteiger partial charge in [-0.05, 0) is 19.2 Å².